The van der Waals surface area contributed by atoms with Crippen LogP contribution in [0.4, 0.5) is 10.8 Å². The van der Waals surface area contributed by atoms with Gasteiger partial charge in [0.1, 0.15) is 10.1 Å². The highest BCUT2D eigenvalue weighted by Crippen LogP contribution is 2.28. The number of anilines is 2. The zero-order chi connectivity index (χ0) is 12.4. The molecule has 0 aliphatic carbocycles. The van der Waals surface area contributed by atoms with Gasteiger partial charge in [0.2, 0.25) is 0 Å². The zero-order valence-electron chi connectivity index (χ0n) is 9.05. The van der Waals surface area contributed by atoms with Gasteiger partial charge in [-0.05, 0) is 24.3 Å². The van der Waals surface area contributed by atoms with E-state index < -0.39 is 0 Å². The maximum atomic E-state index is 5.80. The summed E-state index contributed by atoms with van der Waals surface area (Å²) in [7, 11) is 1.94. The first-order chi connectivity index (χ1) is 8.08. The number of aromatic nitrogens is 1. The minimum Gasteiger partial charge on any atom is -0.389 e. The maximum absolute atomic E-state index is 5.80. The summed E-state index contributed by atoms with van der Waals surface area (Å²) in [5.74, 6) is 0. The first-order valence-electron chi connectivity index (χ1n) is 4.82. The average Bonchev–Trinajstić information content (AvgIpc) is 2.75. The Labute approximate surface area is 114 Å². The third kappa shape index (κ3) is 2.74. The van der Waals surface area contributed by atoms with Crippen molar-refractivity contribution in [3.63, 3.8) is 0 Å². The quantitative estimate of drug-likeness (QED) is 0.879. The van der Waals surface area contributed by atoms with Crippen molar-refractivity contribution in [3.05, 3.63) is 40.4 Å². The van der Waals surface area contributed by atoms with Crippen LogP contribution in [0.1, 0.15) is 5.56 Å². The van der Waals surface area contributed by atoms with Crippen molar-refractivity contribution in [2.24, 2.45) is 5.73 Å². The van der Waals surface area contributed by atoms with Crippen molar-refractivity contribution in [1.82, 2.24) is 4.98 Å². The van der Waals surface area contributed by atoms with Gasteiger partial charge in [0.05, 0.1) is 0 Å². The lowest BCUT2D eigenvalue weighted by Crippen LogP contribution is -2.11. The van der Waals surface area contributed by atoms with Gasteiger partial charge in [-0.3, -0.25) is 0 Å². The monoisotopic (exact) mass is 283 g/mol. The number of hydrogen-bond acceptors (Lipinski definition) is 4. The van der Waals surface area contributed by atoms with Gasteiger partial charge >= 0.3 is 0 Å². The van der Waals surface area contributed by atoms with E-state index in [1.54, 1.807) is 5.38 Å². The van der Waals surface area contributed by atoms with Crippen LogP contribution in [0.3, 0.4) is 0 Å². The molecule has 0 fully saturated rings. The van der Waals surface area contributed by atoms with Gasteiger partial charge in [-0.15, -0.1) is 11.3 Å². The first-order valence-corrected chi connectivity index (χ1v) is 6.49. The first kappa shape index (κ1) is 12.3. The fraction of sp³-hybridized carbons (Fsp3) is 0.0909. The molecule has 0 saturated carbocycles. The van der Waals surface area contributed by atoms with Gasteiger partial charge < -0.3 is 10.6 Å². The van der Waals surface area contributed by atoms with Crippen molar-refractivity contribution in [3.8, 4) is 0 Å². The molecule has 2 N–H and O–H groups in total. The lowest BCUT2D eigenvalue weighted by atomic mass is 10.2. The summed E-state index contributed by atoms with van der Waals surface area (Å²) in [6.45, 7) is 0. The van der Waals surface area contributed by atoms with Crippen molar-refractivity contribution < 1.29 is 0 Å². The maximum Gasteiger partial charge on any atom is 0.191 e. The molecule has 0 aliphatic rings. The molecule has 2 rings (SSSR count). The van der Waals surface area contributed by atoms with Gasteiger partial charge in [-0.1, -0.05) is 23.8 Å². The second kappa shape index (κ2) is 5.00. The minimum absolute atomic E-state index is 0.400. The summed E-state index contributed by atoms with van der Waals surface area (Å²) in [6, 6.07) is 7.68. The second-order valence-electron chi connectivity index (χ2n) is 3.42. The number of nitrogens with two attached hydrogens (primary N) is 1. The number of rotatable bonds is 3. The number of nitrogens with zero attached hydrogens (tertiary/aromatic N) is 2. The van der Waals surface area contributed by atoms with Crippen LogP contribution in [0.25, 0.3) is 0 Å². The molecular formula is C11H10ClN3S2. The normalized spacial score (nSPS) is 10.2. The minimum atomic E-state index is 0.400. The molecule has 1 heterocycles. The highest BCUT2D eigenvalue weighted by molar-refractivity contribution is 7.80. The number of hydrogen-bond donors (Lipinski definition) is 1. The van der Waals surface area contributed by atoms with E-state index >= 15 is 0 Å². The Balaban J connectivity index is 2.25. The zero-order valence-corrected chi connectivity index (χ0v) is 11.4. The topological polar surface area (TPSA) is 42.1 Å². The van der Waals surface area contributed by atoms with E-state index in [1.807, 2.05) is 36.2 Å². The van der Waals surface area contributed by atoms with Gasteiger partial charge in [-0.25, -0.2) is 4.98 Å². The van der Waals surface area contributed by atoms with Crippen molar-refractivity contribution in [2.45, 2.75) is 0 Å². The Morgan fingerprint density at radius 1 is 1.41 bits per heavy atom. The Morgan fingerprint density at radius 3 is 2.53 bits per heavy atom. The van der Waals surface area contributed by atoms with Crippen LogP contribution < -0.4 is 10.6 Å². The fourth-order valence-electron chi connectivity index (χ4n) is 1.36. The molecule has 6 heteroatoms. The van der Waals surface area contributed by atoms with E-state index in [4.69, 9.17) is 29.6 Å². The molecular weight excluding hydrogens is 274 g/mol. The number of thiazole rings is 1. The molecule has 0 saturated heterocycles. The van der Waals surface area contributed by atoms with E-state index in [-0.39, 0.29) is 0 Å². The molecule has 1 aromatic heterocycles. The largest absolute Gasteiger partial charge is 0.389 e. The summed E-state index contributed by atoms with van der Waals surface area (Å²) in [5, 5.41) is 3.16. The number of benzene rings is 1. The van der Waals surface area contributed by atoms with Crippen molar-refractivity contribution in [1.29, 1.82) is 0 Å². The average molecular weight is 284 g/mol. The molecule has 0 atom stereocenters. The van der Waals surface area contributed by atoms with Crippen LogP contribution in [0.15, 0.2) is 29.6 Å². The van der Waals surface area contributed by atoms with Gasteiger partial charge in [-0.2, -0.15) is 0 Å². The Morgan fingerprint density at radius 2 is 2.06 bits per heavy atom. The van der Waals surface area contributed by atoms with E-state index in [2.05, 4.69) is 4.98 Å². The van der Waals surface area contributed by atoms with E-state index in [0.29, 0.717) is 10.1 Å². The van der Waals surface area contributed by atoms with E-state index in [0.717, 1.165) is 16.4 Å². The third-order valence-corrected chi connectivity index (χ3v) is 3.77. The van der Waals surface area contributed by atoms with Crippen LogP contribution >= 0.6 is 35.2 Å². The Kier molecular flexibility index (Phi) is 3.61. The molecule has 88 valence electrons. The molecule has 17 heavy (non-hydrogen) atoms. The van der Waals surface area contributed by atoms with E-state index in [1.165, 1.54) is 11.3 Å². The number of halogens is 1. The van der Waals surface area contributed by atoms with Crippen molar-refractivity contribution in [2.75, 3.05) is 11.9 Å². The van der Waals surface area contributed by atoms with E-state index in [9.17, 15) is 0 Å². The highest BCUT2D eigenvalue weighted by atomic mass is 35.5. The molecule has 0 bridgehead atoms. The summed E-state index contributed by atoms with van der Waals surface area (Å²) in [6.07, 6.45) is 0. The molecule has 0 amide bonds. The van der Waals surface area contributed by atoms with Crippen LogP contribution in [-0.4, -0.2) is 17.0 Å². The summed E-state index contributed by atoms with van der Waals surface area (Å²) >= 11 is 12.2. The smallest absolute Gasteiger partial charge is 0.191 e. The standard InChI is InChI=1S/C11H10ClN3S2/c1-15(11-14-9(12)6-17-11)8-4-2-7(3-5-8)10(13)16/h2-6H,1H3,(H2,13,16). The fourth-order valence-corrected chi connectivity index (χ4v) is 2.43. The lowest BCUT2D eigenvalue weighted by Gasteiger charge is -2.15. The lowest BCUT2D eigenvalue weighted by molar-refractivity contribution is 1.17. The van der Waals surface area contributed by atoms with Crippen LogP contribution in [0.5, 0.6) is 0 Å². The summed E-state index contributed by atoms with van der Waals surface area (Å²) in [5.41, 5.74) is 7.41. The molecule has 0 aliphatic heterocycles. The summed E-state index contributed by atoms with van der Waals surface area (Å²) < 4.78 is 0. The SMILES string of the molecule is CN(c1ccc(C(N)=S)cc1)c1nc(Cl)cs1. The van der Waals surface area contributed by atoms with Crippen molar-refractivity contribution >= 4 is 51.0 Å². The predicted octanol–water partition coefficient (Wildman–Crippen LogP) is 3.20. The van der Waals surface area contributed by atoms with Gasteiger partial charge in [0.25, 0.3) is 0 Å². The third-order valence-electron chi connectivity index (χ3n) is 2.29. The van der Waals surface area contributed by atoms with Crippen LogP contribution in [0, 0.1) is 0 Å². The van der Waals surface area contributed by atoms with Crippen LogP contribution in [0.2, 0.25) is 5.15 Å². The Hall–Kier alpha value is -1.17. The predicted molar refractivity (Wildman–Crippen MR) is 77.5 cm³/mol. The van der Waals surface area contributed by atoms with Gasteiger partial charge in [0, 0.05) is 23.7 Å². The van der Waals surface area contributed by atoms with Gasteiger partial charge in [0.15, 0.2) is 5.13 Å². The molecule has 0 spiro atoms. The summed E-state index contributed by atoms with van der Waals surface area (Å²) in [4.78, 5) is 6.56. The second-order valence-corrected chi connectivity index (χ2v) is 5.09. The molecule has 1 aromatic carbocycles. The van der Waals surface area contributed by atoms with Crippen LogP contribution in [-0.2, 0) is 0 Å². The Bertz CT molecular complexity index is 536. The molecule has 2 aromatic rings. The highest BCUT2D eigenvalue weighted by Gasteiger charge is 2.08. The molecule has 0 radical (unpaired) electrons. The number of thiocarbonyl (C=S) groups is 1. The molecule has 3 nitrogen and oxygen atoms in total. The molecule has 0 unspecified atom stereocenters.